The van der Waals surface area contributed by atoms with Crippen LogP contribution in [0.1, 0.15) is 79.7 Å². The number of aliphatic hydroxyl groups excluding tert-OH is 1. The molecule has 5 rings (SSSR count). The number of amidine groups is 1. The number of benzene rings is 1. The third-order valence-corrected chi connectivity index (χ3v) is 11.8. The number of Topliss-reactive ketones (excluding diaryl/α,β-unsaturated/α-hetero) is 1. The van der Waals surface area contributed by atoms with Gasteiger partial charge in [-0.15, -0.1) is 0 Å². The van der Waals surface area contributed by atoms with Crippen molar-refractivity contribution in [3.05, 3.63) is 39.9 Å². The lowest BCUT2D eigenvalue weighted by atomic mass is 9.75. The zero-order valence-electron chi connectivity index (χ0n) is 33.9. The number of carbonyl (C=O) groups is 2. The van der Waals surface area contributed by atoms with Crippen LogP contribution in [0.4, 0.5) is 5.69 Å². The van der Waals surface area contributed by atoms with Gasteiger partial charge in [-0.1, -0.05) is 38.1 Å². The molecule has 2 bridgehead atoms. The van der Waals surface area contributed by atoms with Gasteiger partial charge in [-0.2, -0.15) is 0 Å². The fraction of sp³-hybridized carbons (Fsp3) is 0.744. The van der Waals surface area contributed by atoms with Crippen LogP contribution in [-0.4, -0.2) is 126 Å². The van der Waals surface area contributed by atoms with Crippen LogP contribution in [0, 0.1) is 27.9 Å². The van der Waals surface area contributed by atoms with Crippen LogP contribution in [0.15, 0.2) is 34.4 Å². The number of nitro benzene ring substituents is 1. The molecular weight excluding hydrogens is 730 g/mol. The quantitative estimate of drug-likeness (QED) is 0.219. The smallest absolute Gasteiger partial charge is 0.311 e. The van der Waals surface area contributed by atoms with Gasteiger partial charge in [0, 0.05) is 36.4 Å². The first-order valence-electron chi connectivity index (χ1n) is 19.4. The number of aliphatic imine (C=N–C) groups is 1. The van der Waals surface area contributed by atoms with E-state index in [2.05, 4.69) is 10.1 Å². The second-order valence-corrected chi connectivity index (χ2v) is 16.4. The van der Waals surface area contributed by atoms with E-state index < -0.39 is 76.6 Å². The molecule has 0 aliphatic carbocycles. The van der Waals surface area contributed by atoms with Crippen molar-refractivity contribution in [2.24, 2.45) is 33.6 Å². The Bertz CT molecular complexity index is 1640. The van der Waals surface area contributed by atoms with E-state index in [1.807, 2.05) is 46.7 Å². The number of rotatable bonds is 8. The van der Waals surface area contributed by atoms with Crippen LogP contribution in [0.5, 0.6) is 0 Å². The van der Waals surface area contributed by atoms with Gasteiger partial charge in [-0.25, -0.2) is 4.99 Å². The van der Waals surface area contributed by atoms with E-state index in [0.29, 0.717) is 24.1 Å². The topological polar surface area (TPSA) is 216 Å². The van der Waals surface area contributed by atoms with E-state index in [-0.39, 0.29) is 62.3 Å². The number of fused-ring (bicyclic) bond motifs is 4. The molecule has 4 aliphatic rings. The van der Waals surface area contributed by atoms with Gasteiger partial charge in [0.05, 0.1) is 48.0 Å². The van der Waals surface area contributed by atoms with Crippen molar-refractivity contribution in [3.63, 3.8) is 0 Å². The molecule has 3 unspecified atom stereocenters. The lowest BCUT2D eigenvalue weighted by molar-refractivity contribution is -0.385. The number of esters is 1. The Labute approximate surface area is 328 Å². The maximum Gasteiger partial charge on any atom is 0.311 e. The van der Waals surface area contributed by atoms with Crippen LogP contribution in [-0.2, 0) is 49.5 Å². The highest BCUT2D eigenvalue weighted by Gasteiger charge is 2.55. The molecule has 312 valence electrons. The minimum Gasteiger partial charge on any atom is -0.458 e. The highest BCUT2D eigenvalue weighted by Crippen LogP contribution is 2.41. The number of nitro groups is 1. The first-order valence-corrected chi connectivity index (χ1v) is 19.4. The van der Waals surface area contributed by atoms with E-state index >= 15 is 0 Å². The molecule has 0 spiro atoms. The third-order valence-electron chi connectivity index (χ3n) is 11.8. The zero-order valence-corrected chi connectivity index (χ0v) is 33.9. The van der Waals surface area contributed by atoms with Crippen LogP contribution >= 0.6 is 0 Å². The number of hydrogen-bond acceptors (Lipinski definition) is 16. The molecule has 17 heteroatoms. The number of nitrogens with zero attached hydrogens (tertiary/aromatic N) is 4. The average molecular weight is 790 g/mol. The van der Waals surface area contributed by atoms with Crippen molar-refractivity contribution in [3.8, 4) is 0 Å². The normalized spacial score (nSPS) is 39.4. The monoisotopic (exact) mass is 789 g/mol. The lowest BCUT2D eigenvalue weighted by Gasteiger charge is -2.46. The van der Waals surface area contributed by atoms with Crippen molar-refractivity contribution in [1.29, 1.82) is 0 Å². The maximum absolute atomic E-state index is 14.4. The highest BCUT2D eigenvalue weighted by molar-refractivity contribution is 5.87. The molecule has 0 radical (unpaired) electrons. The summed E-state index contributed by atoms with van der Waals surface area (Å²) < 4.78 is 38.5. The van der Waals surface area contributed by atoms with Crippen LogP contribution in [0.2, 0.25) is 0 Å². The molecule has 0 saturated carbocycles. The Morgan fingerprint density at radius 1 is 1.12 bits per heavy atom. The summed E-state index contributed by atoms with van der Waals surface area (Å²) in [7, 11) is 3.77. The SMILES string of the molecule is CC[C@H]1OC(=O)[C@H](C)[C@H]2C[C@@H](OC3O[C@H](C)C[C@H](N(C)C)[C@H]3O)[C@](C)(C[C@@H](C)C(=O)[C@H](C)C3N=C(N)OC31C)OC/C(=N/OCc1cccc([N+](=O)[O-])c1)CO2. The lowest BCUT2D eigenvalue weighted by Crippen LogP contribution is -2.58. The summed E-state index contributed by atoms with van der Waals surface area (Å²) in [5.41, 5.74) is 4.43. The zero-order chi connectivity index (χ0) is 41.1. The Morgan fingerprint density at radius 3 is 2.54 bits per heavy atom. The molecule has 0 aromatic heterocycles. The fourth-order valence-corrected chi connectivity index (χ4v) is 8.44. The van der Waals surface area contributed by atoms with Gasteiger partial charge in [0.2, 0.25) is 0 Å². The maximum atomic E-state index is 14.4. The third kappa shape index (κ3) is 9.51. The molecule has 17 nitrogen and oxygen atoms in total. The second-order valence-electron chi connectivity index (χ2n) is 16.4. The van der Waals surface area contributed by atoms with Gasteiger partial charge in [0.1, 0.15) is 36.4 Å². The molecule has 4 heterocycles. The molecule has 1 aromatic rings. The molecular formula is C39H59N5O12. The Hall–Kier alpha value is -3.74. The average Bonchev–Trinajstić information content (AvgIpc) is 3.49. The summed E-state index contributed by atoms with van der Waals surface area (Å²) in [5.74, 6) is -2.87. The number of ether oxygens (including phenoxy) is 6. The Morgan fingerprint density at radius 2 is 1.86 bits per heavy atom. The van der Waals surface area contributed by atoms with Gasteiger partial charge in [-0.3, -0.25) is 19.7 Å². The van der Waals surface area contributed by atoms with Gasteiger partial charge in [0.15, 0.2) is 11.9 Å². The minimum absolute atomic E-state index is 0.0701. The van der Waals surface area contributed by atoms with Crippen LogP contribution in [0.3, 0.4) is 0 Å². The van der Waals surface area contributed by atoms with Gasteiger partial charge in [0.25, 0.3) is 11.7 Å². The summed E-state index contributed by atoms with van der Waals surface area (Å²) in [6.07, 6.45) is -3.72. The molecule has 3 saturated heterocycles. The van der Waals surface area contributed by atoms with Crippen molar-refractivity contribution >= 4 is 29.2 Å². The summed E-state index contributed by atoms with van der Waals surface area (Å²) in [6.45, 7) is 12.4. The molecule has 3 fully saturated rings. The number of cyclic esters (lactones) is 1. The number of hydrogen-bond donors (Lipinski definition) is 2. The van der Waals surface area contributed by atoms with Gasteiger partial charge < -0.3 is 49.0 Å². The number of nitrogens with two attached hydrogens (primary N) is 1. The largest absolute Gasteiger partial charge is 0.458 e. The molecule has 13 atom stereocenters. The Kier molecular flexibility index (Phi) is 13.8. The van der Waals surface area contributed by atoms with Crippen molar-refractivity contribution in [2.75, 3.05) is 27.3 Å². The summed E-state index contributed by atoms with van der Waals surface area (Å²) in [4.78, 5) is 51.6. The number of carbonyl (C=O) groups excluding carboxylic acids is 2. The van der Waals surface area contributed by atoms with Crippen molar-refractivity contribution in [1.82, 2.24) is 4.90 Å². The number of non-ortho nitro benzene ring substituents is 1. The Balaban J connectivity index is 1.55. The number of oxime groups is 1. The first kappa shape index (κ1) is 43.4. The van der Waals surface area contributed by atoms with E-state index in [9.17, 15) is 24.8 Å². The molecule has 4 aliphatic heterocycles. The number of likely N-dealkylation sites (N-methyl/N-ethyl adjacent to an activating group) is 1. The van der Waals surface area contributed by atoms with Crippen LogP contribution < -0.4 is 5.73 Å². The highest BCUT2D eigenvalue weighted by atomic mass is 16.7. The molecule has 0 amide bonds. The second kappa shape index (κ2) is 17.8. The van der Waals surface area contributed by atoms with E-state index in [1.54, 1.807) is 32.9 Å². The fourth-order valence-electron chi connectivity index (χ4n) is 8.44. The predicted molar refractivity (Wildman–Crippen MR) is 204 cm³/mol. The number of aliphatic hydroxyl groups is 1. The minimum atomic E-state index is -1.25. The summed E-state index contributed by atoms with van der Waals surface area (Å²) >= 11 is 0. The number of ketones is 1. The van der Waals surface area contributed by atoms with Crippen LogP contribution in [0.25, 0.3) is 0 Å². The molecule has 56 heavy (non-hydrogen) atoms. The van der Waals surface area contributed by atoms with E-state index in [4.69, 9.17) is 39.0 Å². The summed E-state index contributed by atoms with van der Waals surface area (Å²) in [6, 6.07) is 4.94. The van der Waals surface area contributed by atoms with E-state index in [1.165, 1.54) is 12.1 Å². The molecule has 3 N–H and O–H groups in total. The van der Waals surface area contributed by atoms with E-state index in [0.717, 1.165) is 0 Å². The standard InChI is InChI=1S/C39H59N5O12/c1-10-30-39(7)34(41-37(40)56-39)24(5)32(45)21(2)17-38(6)31(55-36-33(46)28(43(8)9)14-22(3)53-36)16-29(23(4)35(47)54-30)50-19-26(20-51-38)42-52-18-25-12-11-13-27(15-25)44(48)49/h11-13,15,21-24,28-31,33-34,36,46H,10,14,16-20H2,1-9H3,(H2,40,41)/b42-26+/t21-,22-,23-,24+,28+,29-,30-,31-,33-,34?,36?,38+,39?/m1/s1. The van der Waals surface area contributed by atoms with Crippen molar-refractivity contribution < 1.29 is 52.9 Å². The van der Waals surface area contributed by atoms with Gasteiger partial charge in [-0.05, 0) is 66.6 Å². The molecule has 1 aromatic carbocycles. The first-order chi connectivity index (χ1) is 26.4. The van der Waals surface area contributed by atoms with Gasteiger partial charge >= 0.3 is 5.97 Å². The predicted octanol–water partition coefficient (Wildman–Crippen LogP) is 3.52. The van der Waals surface area contributed by atoms with Crippen molar-refractivity contribution in [2.45, 2.75) is 141 Å². The summed E-state index contributed by atoms with van der Waals surface area (Å²) in [5, 5.41) is 27.2.